The van der Waals surface area contributed by atoms with E-state index in [4.69, 9.17) is 21.2 Å². The molecule has 5 heteroatoms. The Morgan fingerprint density at radius 1 is 1.35 bits per heavy atom. The van der Waals surface area contributed by atoms with Crippen LogP contribution in [0.1, 0.15) is 16.1 Å². The van der Waals surface area contributed by atoms with Gasteiger partial charge in [-0.25, -0.2) is 5.48 Å². The van der Waals surface area contributed by atoms with Gasteiger partial charge < -0.3 is 4.42 Å². The molecular weight excluding hydrogens is 242 g/mol. The van der Waals surface area contributed by atoms with Gasteiger partial charge in [-0.15, -0.1) is 0 Å². The molecule has 1 heterocycles. The quantitative estimate of drug-likeness (QED) is 0.637. The Kier molecular flexibility index (Phi) is 3.17. The molecule has 0 spiro atoms. The van der Waals surface area contributed by atoms with Crippen molar-refractivity contribution in [3.8, 4) is 11.3 Å². The van der Waals surface area contributed by atoms with Gasteiger partial charge in [0.25, 0.3) is 0 Å². The lowest BCUT2D eigenvalue weighted by Crippen LogP contribution is -2.17. The van der Waals surface area contributed by atoms with Crippen LogP contribution < -0.4 is 5.48 Å². The molecule has 88 valence electrons. The summed E-state index contributed by atoms with van der Waals surface area (Å²) in [6.07, 6.45) is 0. The summed E-state index contributed by atoms with van der Waals surface area (Å²) in [5.41, 5.74) is 3.31. The second kappa shape index (κ2) is 4.61. The minimum atomic E-state index is -0.684. The van der Waals surface area contributed by atoms with Crippen LogP contribution in [0, 0.1) is 6.92 Å². The van der Waals surface area contributed by atoms with Crippen molar-refractivity contribution in [3.05, 3.63) is 46.7 Å². The zero-order chi connectivity index (χ0) is 12.4. The fourth-order valence-corrected chi connectivity index (χ4v) is 1.69. The number of aryl methyl sites for hydroxylation is 1. The summed E-state index contributed by atoms with van der Waals surface area (Å²) < 4.78 is 5.33. The lowest BCUT2D eigenvalue weighted by molar-refractivity contribution is 0.0677. The summed E-state index contributed by atoms with van der Waals surface area (Å²) in [5.74, 6) is -0.110. The van der Waals surface area contributed by atoms with Crippen LogP contribution in [0.2, 0.25) is 5.02 Å². The van der Waals surface area contributed by atoms with E-state index >= 15 is 0 Å². The monoisotopic (exact) mass is 251 g/mol. The Morgan fingerprint density at radius 2 is 2.12 bits per heavy atom. The first-order chi connectivity index (χ1) is 8.11. The Morgan fingerprint density at radius 3 is 2.82 bits per heavy atom. The Balaban J connectivity index is 2.43. The molecule has 0 aliphatic carbocycles. The highest BCUT2D eigenvalue weighted by molar-refractivity contribution is 6.30. The fourth-order valence-electron chi connectivity index (χ4n) is 1.52. The molecule has 2 N–H and O–H groups in total. The van der Waals surface area contributed by atoms with Gasteiger partial charge in [0.15, 0.2) is 5.76 Å². The molecule has 0 unspecified atom stereocenters. The minimum Gasteiger partial charge on any atom is -0.451 e. The minimum absolute atomic E-state index is 0.0434. The number of carbonyl (C=O) groups excluding carboxylic acids is 1. The fraction of sp³-hybridized carbons (Fsp3) is 0.0833. The van der Waals surface area contributed by atoms with Gasteiger partial charge in [0, 0.05) is 10.6 Å². The maximum Gasteiger partial charge on any atom is 0.310 e. The van der Waals surface area contributed by atoms with E-state index in [1.165, 1.54) is 11.5 Å². The number of nitrogens with one attached hydrogen (secondary N) is 1. The van der Waals surface area contributed by atoms with E-state index in [2.05, 4.69) is 0 Å². The van der Waals surface area contributed by atoms with Gasteiger partial charge in [0.2, 0.25) is 0 Å². The van der Waals surface area contributed by atoms with Crippen LogP contribution >= 0.6 is 11.6 Å². The molecule has 0 fully saturated rings. The van der Waals surface area contributed by atoms with Gasteiger partial charge in [-0.3, -0.25) is 10.0 Å². The van der Waals surface area contributed by atoms with Crippen LogP contribution in [0.4, 0.5) is 0 Å². The Bertz CT molecular complexity index is 563. The number of rotatable bonds is 2. The molecule has 4 nitrogen and oxygen atoms in total. The maximum absolute atomic E-state index is 11.1. The third kappa shape index (κ3) is 2.33. The van der Waals surface area contributed by atoms with Crippen LogP contribution in [-0.2, 0) is 0 Å². The maximum atomic E-state index is 11.1. The summed E-state index contributed by atoms with van der Waals surface area (Å²) >= 11 is 5.90. The number of amides is 1. The van der Waals surface area contributed by atoms with Gasteiger partial charge in [-0.2, -0.15) is 0 Å². The first-order valence-electron chi connectivity index (χ1n) is 4.92. The summed E-state index contributed by atoms with van der Waals surface area (Å²) in [4.78, 5) is 11.1. The van der Waals surface area contributed by atoms with Gasteiger partial charge >= 0.3 is 5.91 Å². The second-order valence-corrected chi connectivity index (χ2v) is 4.00. The topological polar surface area (TPSA) is 62.5 Å². The third-order valence-electron chi connectivity index (χ3n) is 2.40. The van der Waals surface area contributed by atoms with Crippen LogP contribution in [0.25, 0.3) is 11.3 Å². The molecule has 0 saturated heterocycles. The summed E-state index contributed by atoms with van der Waals surface area (Å²) in [7, 11) is 0. The molecule has 0 aliphatic rings. The summed E-state index contributed by atoms with van der Waals surface area (Å²) in [6.45, 7) is 1.92. The predicted molar refractivity (Wildman–Crippen MR) is 63.1 cm³/mol. The summed E-state index contributed by atoms with van der Waals surface area (Å²) in [6, 6.07) is 8.55. The molecule has 17 heavy (non-hydrogen) atoms. The molecule has 2 aromatic rings. The van der Waals surface area contributed by atoms with E-state index in [-0.39, 0.29) is 5.76 Å². The highest BCUT2D eigenvalue weighted by Gasteiger charge is 2.12. The van der Waals surface area contributed by atoms with Crippen molar-refractivity contribution in [2.75, 3.05) is 0 Å². The predicted octanol–water partition coefficient (Wildman–Crippen LogP) is 3.03. The molecule has 0 saturated carbocycles. The second-order valence-electron chi connectivity index (χ2n) is 3.56. The van der Waals surface area contributed by atoms with Crippen LogP contribution in [0.5, 0.6) is 0 Å². The molecule has 0 atom stereocenters. The first-order valence-corrected chi connectivity index (χ1v) is 5.30. The molecule has 0 bridgehead atoms. The lowest BCUT2D eigenvalue weighted by Gasteiger charge is -2.02. The number of furan rings is 1. The van der Waals surface area contributed by atoms with E-state index in [0.717, 1.165) is 11.1 Å². The number of halogens is 1. The number of hydrogen-bond donors (Lipinski definition) is 2. The van der Waals surface area contributed by atoms with Crippen molar-refractivity contribution < 1.29 is 14.4 Å². The van der Waals surface area contributed by atoms with E-state index in [1.54, 1.807) is 18.2 Å². The highest BCUT2D eigenvalue weighted by atomic mass is 35.5. The number of benzene rings is 1. The van der Waals surface area contributed by atoms with Gasteiger partial charge in [0.1, 0.15) is 5.76 Å². The lowest BCUT2D eigenvalue weighted by atomic mass is 10.1. The summed E-state index contributed by atoms with van der Waals surface area (Å²) in [5, 5.41) is 9.08. The van der Waals surface area contributed by atoms with Gasteiger partial charge in [-0.1, -0.05) is 17.7 Å². The molecule has 1 aromatic carbocycles. The molecule has 2 rings (SSSR count). The van der Waals surface area contributed by atoms with Crippen molar-refractivity contribution in [1.82, 2.24) is 5.48 Å². The normalized spacial score (nSPS) is 10.3. The highest BCUT2D eigenvalue weighted by Crippen LogP contribution is 2.28. The molecule has 1 aromatic heterocycles. The number of carbonyl (C=O) groups is 1. The zero-order valence-electron chi connectivity index (χ0n) is 9.03. The van der Waals surface area contributed by atoms with Crippen LogP contribution in [0.15, 0.2) is 34.7 Å². The molecule has 0 aliphatic heterocycles. The van der Waals surface area contributed by atoms with Crippen molar-refractivity contribution in [3.63, 3.8) is 0 Å². The third-order valence-corrected chi connectivity index (χ3v) is 2.63. The van der Waals surface area contributed by atoms with Crippen molar-refractivity contribution >= 4 is 17.5 Å². The first kappa shape index (κ1) is 11.7. The molecular formula is C12H10ClNO3. The van der Waals surface area contributed by atoms with Crippen LogP contribution in [0.3, 0.4) is 0 Å². The SMILES string of the molecule is Cc1ccc(Cl)cc1-c1ccc(C(=O)NO)o1. The number of hydroxylamine groups is 1. The zero-order valence-corrected chi connectivity index (χ0v) is 9.78. The largest absolute Gasteiger partial charge is 0.451 e. The van der Waals surface area contributed by atoms with Crippen molar-refractivity contribution in [2.45, 2.75) is 6.92 Å². The van der Waals surface area contributed by atoms with Gasteiger partial charge in [0.05, 0.1) is 0 Å². The number of hydrogen-bond acceptors (Lipinski definition) is 3. The van der Waals surface area contributed by atoms with E-state index in [0.29, 0.717) is 10.8 Å². The average molecular weight is 252 g/mol. The van der Waals surface area contributed by atoms with E-state index < -0.39 is 5.91 Å². The molecule has 0 radical (unpaired) electrons. The Hall–Kier alpha value is -1.78. The molecule has 1 amide bonds. The smallest absolute Gasteiger partial charge is 0.310 e. The van der Waals surface area contributed by atoms with E-state index in [9.17, 15) is 4.79 Å². The Labute approximate surface area is 103 Å². The average Bonchev–Trinajstić information content (AvgIpc) is 2.80. The van der Waals surface area contributed by atoms with Crippen molar-refractivity contribution in [1.29, 1.82) is 0 Å². The standard InChI is InChI=1S/C12H10ClNO3/c1-7-2-3-8(13)6-9(7)10-4-5-11(17-10)12(15)14-16/h2-6,16H,1H3,(H,14,15). The van der Waals surface area contributed by atoms with Crippen LogP contribution in [-0.4, -0.2) is 11.1 Å². The van der Waals surface area contributed by atoms with Crippen molar-refractivity contribution in [2.24, 2.45) is 0 Å². The van der Waals surface area contributed by atoms with E-state index in [1.807, 2.05) is 13.0 Å². The van der Waals surface area contributed by atoms with Gasteiger partial charge in [-0.05, 0) is 36.8 Å².